The Hall–Kier alpha value is -2.93. The lowest BCUT2D eigenvalue weighted by Crippen LogP contribution is -3.15. The number of quaternary nitrogens is 1. The topological polar surface area (TPSA) is 55.7 Å². The first kappa shape index (κ1) is 21.3. The number of nitrogens with one attached hydrogen (secondary N) is 1. The Morgan fingerprint density at radius 2 is 1.84 bits per heavy atom. The summed E-state index contributed by atoms with van der Waals surface area (Å²) in [7, 11) is 1.87. The summed E-state index contributed by atoms with van der Waals surface area (Å²) in [4.78, 5) is 18.3. The number of anilines is 1. The molecule has 0 unspecified atom stereocenters. The van der Waals surface area contributed by atoms with Gasteiger partial charge in [-0.1, -0.05) is 18.2 Å². The normalized spacial score (nSPS) is 16.1. The largest absolute Gasteiger partial charge is 0.492 e. The summed E-state index contributed by atoms with van der Waals surface area (Å²) in [6.45, 7) is 8.59. The number of hydrogen-bond donors (Lipinski definition) is 1. The van der Waals surface area contributed by atoms with Crippen molar-refractivity contribution < 1.29 is 23.9 Å². The van der Waals surface area contributed by atoms with Crippen LogP contribution in [0.2, 0.25) is 0 Å². The van der Waals surface area contributed by atoms with Gasteiger partial charge in [0.2, 0.25) is 0 Å². The van der Waals surface area contributed by atoms with Gasteiger partial charge in [0.1, 0.15) is 19.0 Å². The van der Waals surface area contributed by atoms with Crippen molar-refractivity contribution >= 4 is 11.6 Å². The van der Waals surface area contributed by atoms with Gasteiger partial charge in [-0.15, -0.1) is 0 Å². The number of carbonyl (C=O) groups is 1. The standard InChI is InChI=1S/C24H31N3O4/c1-3-29-21-7-5-4-6-20(21)27-12-10-26(11-13-27)18-24(28)25(2)17-19-8-9-22-23(16-19)31-15-14-30-22/h4-9,16H,3,10-15,17-18H2,1-2H3/p+1. The number of benzene rings is 2. The lowest BCUT2D eigenvalue weighted by atomic mass is 10.2. The highest BCUT2D eigenvalue weighted by molar-refractivity contribution is 5.76. The maximum atomic E-state index is 12.8. The number of likely N-dealkylation sites (N-methyl/N-ethyl adjacent to an activating group) is 1. The smallest absolute Gasteiger partial charge is 0.277 e. The molecule has 7 heteroatoms. The molecule has 1 amide bonds. The first-order chi connectivity index (χ1) is 15.1. The first-order valence-electron chi connectivity index (χ1n) is 11.1. The molecule has 0 spiro atoms. The highest BCUT2D eigenvalue weighted by atomic mass is 16.6. The zero-order chi connectivity index (χ0) is 21.6. The molecule has 0 aliphatic carbocycles. The van der Waals surface area contributed by atoms with Crippen LogP contribution in [0.15, 0.2) is 42.5 Å². The van der Waals surface area contributed by atoms with E-state index in [1.807, 2.05) is 50.4 Å². The Morgan fingerprint density at radius 1 is 1.10 bits per heavy atom. The molecule has 1 N–H and O–H groups in total. The van der Waals surface area contributed by atoms with Crippen molar-refractivity contribution in [2.24, 2.45) is 0 Å². The minimum Gasteiger partial charge on any atom is -0.492 e. The van der Waals surface area contributed by atoms with Crippen LogP contribution in [0, 0.1) is 0 Å². The van der Waals surface area contributed by atoms with Gasteiger partial charge in [0.05, 0.1) is 38.5 Å². The van der Waals surface area contributed by atoms with Crippen molar-refractivity contribution in [1.82, 2.24) is 4.90 Å². The van der Waals surface area contributed by atoms with Crippen LogP contribution in [-0.4, -0.2) is 70.4 Å². The average molecular weight is 427 g/mol. The Kier molecular flexibility index (Phi) is 6.82. The summed E-state index contributed by atoms with van der Waals surface area (Å²) >= 11 is 0. The van der Waals surface area contributed by atoms with Gasteiger partial charge in [0.15, 0.2) is 18.0 Å². The van der Waals surface area contributed by atoms with Crippen LogP contribution in [0.4, 0.5) is 5.69 Å². The molecule has 2 aliphatic heterocycles. The van der Waals surface area contributed by atoms with Crippen LogP contribution in [0.3, 0.4) is 0 Å². The second-order valence-corrected chi connectivity index (χ2v) is 8.04. The number of nitrogens with zero attached hydrogens (tertiary/aromatic N) is 2. The summed E-state index contributed by atoms with van der Waals surface area (Å²) in [6.07, 6.45) is 0. The Labute approximate surface area is 184 Å². The number of para-hydroxylation sites is 2. The molecule has 1 fully saturated rings. The molecule has 4 rings (SSSR count). The van der Waals surface area contributed by atoms with E-state index in [2.05, 4.69) is 11.0 Å². The van der Waals surface area contributed by atoms with Crippen molar-refractivity contribution in [2.75, 3.05) is 64.5 Å². The molecule has 2 heterocycles. The summed E-state index contributed by atoms with van der Waals surface area (Å²) in [6, 6.07) is 14.1. The van der Waals surface area contributed by atoms with Crippen molar-refractivity contribution in [3.05, 3.63) is 48.0 Å². The number of piperazine rings is 1. The third-order valence-corrected chi connectivity index (χ3v) is 5.83. The van der Waals surface area contributed by atoms with Gasteiger partial charge in [-0.25, -0.2) is 0 Å². The molecule has 31 heavy (non-hydrogen) atoms. The van der Waals surface area contributed by atoms with Crippen LogP contribution in [0.1, 0.15) is 12.5 Å². The second kappa shape index (κ2) is 9.92. The SMILES string of the molecule is CCOc1ccccc1N1CC[NH+](CC(=O)N(C)Cc2ccc3c(c2)OCCO3)CC1. The van der Waals surface area contributed by atoms with Gasteiger partial charge in [-0.05, 0) is 36.8 Å². The van der Waals surface area contributed by atoms with Crippen molar-refractivity contribution in [1.29, 1.82) is 0 Å². The van der Waals surface area contributed by atoms with E-state index in [4.69, 9.17) is 14.2 Å². The lowest BCUT2D eigenvalue weighted by Gasteiger charge is -2.34. The predicted octanol–water partition coefficient (Wildman–Crippen LogP) is 1.22. The number of amides is 1. The van der Waals surface area contributed by atoms with Crippen molar-refractivity contribution in [3.8, 4) is 17.2 Å². The highest BCUT2D eigenvalue weighted by Gasteiger charge is 2.25. The quantitative estimate of drug-likeness (QED) is 0.722. The van der Waals surface area contributed by atoms with E-state index in [1.54, 1.807) is 4.90 Å². The summed E-state index contributed by atoms with van der Waals surface area (Å²) in [5.74, 6) is 2.63. The van der Waals surface area contributed by atoms with Gasteiger partial charge in [0, 0.05) is 13.6 Å². The maximum Gasteiger partial charge on any atom is 0.277 e. The molecule has 7 nitrogen and oxygen atoms in total. The van der Waals surface area contributed by atoms with Crippen LogP contribution in [0.25, 0.3) is 0 Å². The van der Waals surface area contributed by atoms with Gasteiger partial charge in [0.25, 0.3) is 5.91 Å². The fourth-order valence-corrected chi connectivity index (χ4v) is 4.13. The van der Waals surface area contributed by atoms with E-state index in [0.29, 0.717) is 32.9 Å². The summed E-state index contributed by atoms with van der Waals surface area (Å²) in [5.41, 5.74) is 2.19. The molecule has 0 atom stereocenters. The zero-order valence-electron chi connectivity index (χ0n) is 18.4. The molecule has 166 valence electrons. The fraction of sp³-hybridized carbons (Fsp3) is 0.458. The van der Waals surface area contributed by atoms with Crippen molar-refractivity contribution in [2.45, 2.75) is 13.5 Å². The third-order valence-electron chi connectivity index (χ3n) is 5.83. The highest BCUT2D eigenvalue weighted by Crippen LogP contribution is 2.31. The minimum absolute atomic E-state index is 0.160. The van der Waals surface area contributed by atoms with E-state index in [0.717, 1.165) is 54.7 Å². The minimum atomic E-state index is 0.160. The fourth-order valence-electron chi connectivity index (χ4n) is 4.13. The molecular weight excluding hydrogens is 394 g/mol. The van der Waals surface area contributed by atoms with Gasteiger partial charge in [-0.2, -0.15) is 0 Å². The molecule has 0 aromatic heterocycles. The Balaban J connectivity index is 1.28. The van der Waals surface area contributed by atoms with Crippen molar-refractivity contribution in [3.63, 3.8) is 0 Å². The predicted molar refractivity (Wildman–Crippen MR) is 119 cm³/mol. The Morgan fingerprint density at radius 3 is 2.61 bits per heavy atom. The average Bonchev–Trinajstić information content (AvgIpc) is 2.80. The van der Waals surface area contributed by atoms with Gasteiger partial charge >= 0.3 is 0 Å². The Bertz CT molecular complexity index is 896. The maximum absolute atomic E-state index is 12.8. The van der Waals surface area contributed by atoms with E-state index >= 15 is 0 Å². The molecule has 2 aromatic carbocycles. The molecular formula is C24H32N3O4+. The van der Waals surface area contributed by atoms with E-state index < -0.39 is 0 Å². The molecule has 0 bridgehead atoms. The monoisotopic (exact) mass is 426 g/mol. The van der Waals surface area contributed by atoms with Crippen LogP contribution in [0.5, 0.6) is 17.2 Å². The molecule has 2 aromatic rings. The third kappa shape index (κ3) is 5.22. The lowest BCUT2D eigenvalue weighted by molar-refractivity contribution is -0.892. The number of rotatable bonds is 7. The van der Waals surface area contributed by atoms with Crippen LogP contribution in [-0.2, 0) is 11.3 Å². The molecule has 0 saturated carbocycles. The van der Waals surface area contributed by atoms with E-state index in [-0.39, 0.29) is 5.91 Å². The zero-order valence-corrected chi connectivity index (χ0v) is 18.4. The second-order valence-electron chi connectivity index (χ2n) is 8.04. The number of carbonyl (C=O) groups excluding carboxylic acids is 1. The molecule has 0 radical (unpaired) electrons. The first-order valence-corrected chi connectivity index (χ1v) is 11.1. The van der Waals surface area contributed by atoms with Crippen LogP contribution >= 0.6 is 0 Å². The van der Waals surface area contributed by atoms with E-state index in [9.17, 15) is 4.79 Å². The molecule has 2 aliphatic rings. The van der Waals surface area contributed by atoms with Crippen LogP contribution < -0.4 is 24.0 Å². The number of hydrogen-bond acceptors (Lipinski definition) is 5. The summed E-state index contributed by atoms with van der Waals surface area (Å²) < 4.78 is 17.0. The summed E-state index contributed by atoms with van der Waals surface area (Å²) in [5, 5.41) is 0. The molecule has 1 saturated heterocycles. The number of ether oxygens (including phenoxy) is 3. The van der Waals surface area contributed by atoms with E-state index in [1.165, 1.54) is 4.90 Å². The van der Waals surface area contributed by atoms with Gasteiger partial charge in [-0.3, -0.25) is 4.79 Å². The number of fused-ring (bicyclic) bond motifs is 1. The van der Waals surface area contributed by atoms with Gasteiger partial charge < -0.3 is 28.9 Å².